The van der Waals surface area contributed by atoms with Crippen LogP contribution in [-0.2, 0) is 0 Å². The van der Waals surface area contributed by atoms with Gasteiger partial charge in [-0.25, -0.2) is 0 Å². The van der Waals surface area contributed by atoms with Gasteiger partial charge < -0.3 is 15.0 Å². The Morgan fingerprint density at radius 1 is 0.967 bits per heavy atom. The van der Waals surface area contributed by atoms with E-state index in [4.69, 9.17) is 4.74 Å². The van der Waals surface area contributed by atoms with E-state index in [9.17, 15) is 9.59 Å². The molecule has 0 aromatic heterocycles. The minimum Gasteiger partial charge on any atom is -0.494 e. The van der Waals surface area contributed by atoms with E-state index in [1.165, 1.54) is 12.8 Å². The molecule has 0 unspecified atom stereocenters. The molecular weight excluding hydrogens is 376 g/mol. The SMILES string of the molecule is CC(C)CCOc1cccc(C(=O)Nc2cccc(C(=O)N3CCCCCC3)c2)c1. The van der Waals surface area contributed by atoms with Gasteiger partial charge >= 0.3 is 0 Å². The summed E-state index contributed by atoms with van der Waals surface area (Å²) < 4.78 is 5.76. The van der Waals surface area contributed by atoms with Crippen molar-refractivity contribution in [2.24, 2.45) is 5.92 Å². The highest BCUT2D eigenvalue weighted by Gasteiger charge is 2.18. The largest absolute Gasteiger partial charge is 0.494 e. The Hall–Kier alpha value is -2.82. The van der Waals surface area contributed by atoms with Gasteiger partial charge in [0.2, 0.25) is 0 Å². The second-order valence-electron chi connectivity index (χ2n) is 8.30. The van der Waals surface area contributed by atoms with Crippen LogP contribution in [0.1, 0.15) is 66.7 Å². The molecule has 30 heavy (non-hydrogen) atoms. The van der Waals surface area contributed by atoms with Gasteiger partial charge in [0, 0.05) is 29.9 Å². The summed E-state index contributed by atoms with van der Waals surface area (Å²) in [5.74, 6) is 1.08. The van der Waals surface area contributed by atoms with Crippen LogP contribution < -0.4 is 10.1 Å². The minimum atomic E-state index is -0.219. The van der Waals surface area contributed by atoms with Gasteiger partial charge in [-0.05, 0) is 61.6 Å². The molecule has 0 bridgehead atoms. The number of nitrogens with zero attached hydrogens (tertiary/aromatic N) is 1. The fourth-order valence-corrected chi connectivity index (χ4v) is 3.53. The van der Waals surface area contributed by atoms with Crippen molar-refractivity contribution < 1.29 is 14.3 Å². The summed E-state index contributed by atoms with van der Waals surface area (Å²) in [6.07, 6.45) is 5.43. The zero-order chi connectivity index (χ0) is 21.3. The van der Waals surface area contributed by atoms with Crippen LogP contribution in [0, 0.1) is 5.92 Å². The Morgan fingerprint density at radius 3 is 2.40 bits per heavy atom. The van der Waals surface area contributed by atoms with Crippen molar-refractivity contribution in [3.05, 3.63) is 59.7 Å². The highest BCUT2D eigenvalue weighted by Crippen LogP contribution is 2.19. The first-order valence-corrected chi connectivity index (χ1v) is 11.0. The Labute approximate surface area is 179 Å². The number of hydrogen-bond acceptors (Lipinski definition) is 3. The Morgan fingerprint density at radius 2 is 1.67 bits per heavy atom. The normalized spacial score (nSPS) is 14.3. The van der Waals surface area contributed by atoms with Gasteiger partial charge in [0.05, 0.1) is 6.61 Å². The maximum atomic E-state index is 12.9. The van der Waals surface area contributed by atoms with E-state index in [0.717, 1.165) is 32.4 Å². The smallest absolute Gasteiger partial charge is 0.255 e. The Balaban J connectivity index is 1.64. The molecule has 2 aromatic carbocycles. The van der Waals surface area contributed by atoms with E-state index in [0.29, 0.717) is 35.1 Å². The summed E-state index contributed by atoms with van der Waals surface area (Å²) in [7, 11) is 0. The molecule has 0 radical (unpaired) electrons. The molecule has 1 saturated heterocycles. The molecule has 0 aliphatic carbocycles. The fourth-order valence-electron chi connectivity index (χ4n) is 3.53. The lowest BCUT2D eigenvalue weighted by Gasteiger charge is -2.20. The van der Waals surface area contributed by atoms with Crippen LogP contribution in [0.2, 0.25) is 0 Å². The number of nitrogens with one attached hydrogen (secondary N) is 1. The molecule has 1 aliphatic heterocycles. The topological polar surface area (TPSA) is 58.6 Å². The molecule has 2 amide bonds. The molecule has 160 valence electrons. The number of rotatable bonds is 7. The van der Waals surface area contributed by atoms with Crippen molar-refractivity contribution in [1.82, 2.24) is 4.90 Å². The molecule has 0 atom stereocenters. The third-order valence-corrected chi connectivity index (χ3v) is 5.32. The van der Waals surface area contributed by atoms with Crippen molar-refractivity contribution in [1.29, 1.82) is 0 Å². The summed E-state index contributed by atoms with van der Waals surface area (Å²) in [4.78, 5) is 27.5. The van der Waals surface area contributed by atoms with E-state index in [-0.39, 0.29) is 11.8 Å². The number of hydrogen-bond donors (Lipinski definition) is 1. The van der Waals surface area contributed by atoms with Gasteiger partial charge in [-0.1, -0.05) is 38.8 Å². The van der Waals surface area contributed by atoms with Gasteiger partial charge in [0.1, 0.15) is 5.75 Å². The van der Waals surface area contributed by atoms with Crippen molar-refractivity contribution in [2.75, 3.05) is 25.0 Å². The predicted molar refractivity (Wildman–Crippen MR) is 120 cm³/mol. The third kappa shape index (κ3) is 6.34. The molecule has 0 saturated carbocycles. The van der Waals surface area contributed by atoms with Gasteiger partial charge in [-0.3, -0.25) is 9.59 Å². The van der Waals surface area contributed by atoms with Crippen molar-refractivity contribution in [3.63, 3.8) is 0 Å². The predicted octanol–water partition coefficient (Wildman–Crippen LogP) is 5.38. The van der Waals surface area contributed by atoms with Crippen LogP contribution in [0.5, 0.6) is 5.75 Å². The minimum absolute atomic E-state index is 0.0357. The van der Waals surface area contributed by atoms with Crippen LogP contribution >= 0.6 is 0 Å². The van der Waals surface area contributed by atoms with E-state index >= 15 is 0 Å². The third-order valence-electron chi connectivity index (χ3n) is 5.32. The average Bonchev–Trinajstić information content (AvgIpc) is 3.03. The molecule has 1 heterocycles. The second kappa shape index (κ2) is 10.8. The summed E-state index contributed by atoms with van der Waals surface area (Å²) in [5, 5.41) is 2.91. The zero-order valence-electron chi connectivity index (χ0n) is 18.0. The van der Waals surface area contributed by atoms with E-state index in [1.54, 1.807) is 24.3 Å². The van der Waals surface area contributed by atoms with Crippen LogP contribution in [0.25, 0.3) is 0 Å². The van der Waals surface area contributed by atoms with Gasteiger partial charge in [0.15, 0.2) is 0 Å². The number of amides is 2. The van der Waals surface area contributed by atoms with Crippen LogP contribution in [0.4, 0.5) is 5.69 Å². The van der Waals surface area contributed by atoms with Crippen molar-refractivity contribution in [2.45, 2.75) is 46.0 Å². The summed E-state index contributed by atoms with van der Waals surface area (Å²) in [6, 6.07) is 14.4. The molecule has 1 N–H and O–H groups in total. The molecule has 3 rings (SSSR count). The number of benzene rings is 2. The second-order valence-corrected chi connectivity index (χ2v) is 8.30. The lowest BCUT2D eigenvalue weighted by atomic mass is 10.1. The molecule has 2 aromatic rings. The summed E-state index contributed by atoms with van der Waals surface area (Å²) in [6.45, 7) is 6.54. The van der Waals surface area contributed by atoms with E-state index < -0.39 is 0 Å². The quantitative estimate of drug-likeness (QED) is 0.669. The Bertz CT molecular complexity index is 855. The average molecular weight is 409 g/mol. The van der Waals surface area contributed by atoms with Gasteiger partial charge in [-0.15, -0.1) is 0 Å². The van der Waals surface area contributed by atoms with Gasteiger partial charge in [0.25, 0.3) is 11.8 Å². The summed E-state index contributed by atoms with van der Waals surface area (Å²) in [5.41, 5.74) is 1.76. The highest BCUT2D eigenvalue weighted by atomic mass is 16.5. The molecule has 1 aliphatic rings. The number of anilines is 1. The fraction of sp³-hybridized carbons (Fsp3) is 0.440. The number of carbonyl (C=O) groups is 2. The van der Waals surface area contributed by atoms with E-state index in [2.05, 4.69) is 19.2 Å². The maximum Gasteiger partial charge on any atom is 0.255 e. The number of ether oxygens (including phenoxy) is 1. The molecular formula is C25H32N2O3. The molecule has 1 fully saturated rings. The van der Waals surface area contributed by atoms with Crippen molar-refractivity contribution in [3.8, 4) is 5.75 Å². The van der Waals surface area contributed by atoms with Crippen LogP contribution in [0.3, 0.4) is 0 Å². The molecule has 0 spiro atoms. The summed E-state index contributed by atoms with van der Waals surface area (Å²) >= 11 is 0. The molecule has 5 heteroatoms. The van der Waals surface area contributed by atoms with Gasteiger partial charge in [-0.2, -0.15) is 0 Å². The standard InChI is InChI=1S/C25H32N2O3/c1-19(2)13-16-30-23-12-8-9-20(18-23)24(28)26-22-11-7-10-21(17-22)25(29)27-14-5-3-4-6-15-27/h7-12,17-19H,3-6,13-16H2,1-2H3,(H,26,28). The lowest BCUT2D eigenvalue weighted by molar-refractivity contribution is 0.0761. The lowest BCUT2D eigenvalue weighted by Crippen LogP contribution is -2.31. The molecule has 5 nitrogen and oxygen atoms in total. The first-order valence-electron chi connectivity index (χ1n) is 11.0. The number of carbonyl (C=O) groups excluding carboxylic acids is 2. The number of likely N-dealkylation sites (tertiary alicyclic amines) is 1. The maximum absolute atomic E-state index is 12.9. The zero-order valence-corrected chi connectivity index (χ0v) is 18.0. The van der Waals surface area contributed by atoms with E-state index in [1.807, 2.05) is 29.2 Å². The van der Waals surface area contributed by atoms with Crippen molar-refractivity contribution >= 4 is 17.5 Å². The monoisotopic (exact) mass is 408 g/mol. The van der Waals surface area contributed by atoms with Crippen LogP contribution in [-0.4, -0.2) is 36.4 Å². The highest BCUT2D eigenvalue weighted by molar-refractivity contribution is 6.05. The first-order chi connectivity index (χ1) is 14.5. The van der Waals surface area contributed by atoms with Crippen LogP contribution in [0.15, 0.2) is 48.5 Å². The first kappa shape index (κ1) is 21.9. The Kier molecular flexibility index (Phi) is 7.89.